The zero-order valence-electron chi connectivity index (χ0n) is 10.4. The SMILES string of the molecule is COc1cc2c(cc1OC)CC(C)(C)NC2. The number of benzene rings is 1. The Labute approximate surface area is 96.8 Å². The molecule has 0 spiro atoms. The van der Waals surface area contributed by atoms with Crippen LogP contribution in [-0.2, 0) is 13.0 Å². The van der Waals surface area contributed by atoms with Gasteiger partial charge in [-0.25, -0.2) is 0 Å². The summed E-state index contributed by atoms with van der Waals surface area (Å²) in [7, 11) is 3.35. The Morgan fingerprint density at radius 1 is 1.06 bits per heavy atom. The van der Waals surface area contributed by atoms with Crippen molar-refractivity contribution in [2.45, 2.75) is 32.4 Å². The van der Waals surface area contributed by atoms with Crippen LogP contribution < -0.4 is 14.8 Å². The predicted octanol–water partition coefficient (Wildman–Crippen LogP) is 2.13. The molecule has 1 aromatic carbocycles. The first-order chi connectivity index (χ1) is 7.55. The maximum atomic E-state index is 5.33. The van der Waals surface area contributed by atoms with Crippen molar-refractivity contribution in [3.8, 4) is 11.5 Å². The molecular formula is C13H19NO2. The van der Waals surface area contributed by atoms with Gasteiger partial charge < -0.3 is 14.8 Å². The van der Waals surface area contributed by atoms with E-state index in [4.69, 9.17) is 9.47 Å². The van der Waals surface area contributed by atoms with Gasteiger partial charge in [-0.1, -0.05) is 0 Å². The molecule has 0 radical (unpaired) electrons. The Morgan fingerprint density at radius 2 is 1.62 bits per heavy atom. The first-order valence-corrected chi connectivity index (χ1v) is 5.54. The first kappa shape index (κ1) is 11.3. The fourth-order valence-corrected chi connectivity index (χ4v) is 2.17. The molecule has 1 aliphatic heterocycles. The van der Waals surface area contributed by atoms with E-state index in [-0.39, 0.29) is 5.54 Å². The summed E-state index contributed by atoms with van der Waals surface area (Å²) in [6.45, 7) is 5.32. The molecule has 0 saturated carbocycles. The second-order valence-electron chi connectivity index (χ2n) is 4.89. The van der Waals surface area contributed by atoms with Crippen molar-refractivity contribution in [1.82, 2.24) is 5.32 Å². The van der Waals surface area contributed by atoms with E-state index in [0.717, 1.165) is 24.5 Å². The molecule has 1 heterocycles. The molecule has 0 aliphatic carbocycles. The van der Waals surface area contributed by atoms with Gasteiger partial charge in [0.1, 0.15) is 0 Å². The summed E-state index contributed by atoms with van der Waals surface area (Å²) in [6.07, 6.45) is 1.02. The zero-order valence-corrected chi connectivity index (χ0v) is 10.4. The molecule has 2 rings (SSSR count). The average molecular weight is 221 g/mol. The lowest BCUT2D eigenvalue weighted by atomic mass is 9.87. The fourth-order valence-electron chi connectivity index (χ4n) is 2.17. The van der Waals surface area contributed by atoms with Crippen molar-refractivity contribution < 1.29 is 9.47 Å². The molecule has 3 nitrogen and oxygen atoms in total. The predicted molar refractivity (Wildman–Crippen MR) is 64.2 cm³/mol. The summed E-state index contributed by atoms with van der Waals surface area (Å²) in [5.74, 6) is 1.63. The topological polar surface area (TPSA) is 30.5 Å². The quantitative estimate of drug-likeness (QED) is 0.830. The van der Waals surface area contributed by atoms with Crippen molar-refractivity contribution in [1.29, 1.82) is 0 Å². The molecular weight excluding hydrogens is 202 g/mol. The lowest BCUT2D eigenvalue weighted by Crippen LogP contribution is -2.44. The van der Waals surface area contributed by atoms with Crippen LogP contribution >= 0.6 is 0 Å². The normalized spacial score (nSPS) is 17.8. The zero-order chi connectivity index (χ0) is 11.8. The molecule has 0 aromatic heterocycles. The highest BCUT2D eigenvalue weighted by Crippen LogP contribution is 2.34. The minimum absolute atomic E-state index is 0.159. The average Bonchev–Trinajstić information content (AvgIpc) is 2.26. The second kappa shape index (κ2) is 3.98. The third kappa shape index (κ3) is 2.00. The first-order valence-electron chi connectivity index (χ1n) is 5.54. The Morgan fingerprint density at radius 3 is 2.19 bits per heavy atom. The molecule has 0 atom stereocenters. The van der Waals surface area contributed by atoms with E-state index in [1.54, 1.807) is 14.2 Å². The van der Waals surface area contributed by atoms with E-state index in [1.807, 2.05) is 0 Å². The van der Waals surface area contributed by atoms with Crippen molar-refractivity contribution in [2.24, 2.45) is 0 Å². The number of hydrogen-bond acceptors (Lipinski definition) is 3. The summed E-state index contributed by atoms with van der Waals surface area (Å²) in [5.41, 5.74) is 2.81. The molecule has 1 aromatic rings. The highest BCUT2D eigenvalue weighted by molar-refractivity contribution is 5.48. The third-order valence-electron chi connectivity index (χ3n) is 3.10. The van der Waals surface area contributed by atoms with Gasteiger partial charge in [-0.2, -0.15) is 0 Å². The van der Waals surface area contributed by atoms with Crippen LogP contribution in [-0.4, -0.2) is 19.8 Å². The van der Waals surface area contributed by atoms with Crippen molar-refractivity contribution in [2.75, 3.05) is 14.2 Å². The molecule has 1 N–H and O–H groups in total. The molecule has 0 unspecified atom stereocenters. The van der Waals surface area contributed by atoms with Crippen LogP contribution in [0.1, 0.15) is 25.0 Å². The molecule has 1 aliphatic rings. The van der Waals surface area contributed by atoms with Gasteiger partial charge in [-0.15, -0.1) is 0 Å². The fraction of sp³-hybridized carbons (Fsp3) is 0.538. The molecule has 0 fully saturated rings. The lowest BCUT2D eigenvalue weighted by Gasteiger charge is -2.33. The molecule has 88 valence electrons. The second-order valence-corrected chi connectivity index (χ2v) is 4.89. The summed E-state index contributed by atoms with van der Waals surface area (Å²) < 4.78 is 10.6. The third-order valence-corrected chi connectivity index (χ3v) is 3.10. The van der Waals surface area contributed by atoms with Gasteiger partial charge in [-0.3, -0.25) is 0 Å². The Bertz CT molecular complexity index is 399. The van der Waals surface area contributed by atoms with Gasteiger partial charge in [0.15, 0.2) is 11.5 Å². The maximum absolute atomic E-state index is 5.33. The molecule has 0 saturated heterocycles. The van der Waals surface area contributed by atoms with E-state index in [2.05, 4.69) is 31.3 Å². The van der Waals surface area contributed by atoms with Crippen molar-refractivity contribution >= 4 is 0 Å². The molecule has 16 heavy (non-hydrogen) atoms. The number of nitrogens with one attached hydrogen (secondary N) is 1. The highest BCUT2D eigenvalue weighted by Gasteiger charge is 2.25. The van der Waals surface area contributed by atoms with Crippen LogP contribution in [0.2, 0.25) is 0 Å². The highest BCUT2D eigenvalue weighted by atomic mass is 16.5. The maximum Gasteiger partial charge on any atom is 0.161 e. The van der Waals surface area contributed by atoms with Gasteiger partial charge in [0, 0.05) is 12.1 Å². The van der Waals surface area contributed by atoms with Gasteiger partial charge in [0.2, 0.25) is 0 Å². The van der Waals surface area contributed by atoms with E-state index in [9.17, 15) is 0 Å². The monoisotopic (exact) mass is 221 g/mol. The van der Waals surface area contributed by atoms with Crippen molar-refractivity contribution in [3.05, 3.63) is 23.3 Å². The van der Waals surface area contributed by atoms with Crippen LogP contribution in [0.3, 0.4) is 0 Å². The molecule has 0 amide bonds. The standard InChI is InChI=1S/C13H19NO2/c1-13(2)7-9-5-11(15-3)12(16-4)6-10(9)8-14-13/h5-6,14H,7-8H2,1-4H3. The number of hydrogen-bond donors (Lipinski definition) is 1. The Balaban J connectivity index is 2.42. The minimum atomic E-state index is 0.159. The Kier molecular flexibility index (Phi) is 2.80. The number of fused-ring (bicyclic) bond motifs is 1. The van der Waals surface area contributed by atoms with Gasteiger partial charge in [0.05, 0.1) is 14.2 Å². The lowest BCUT2D eigenvalue weighted by molar-refractivity contribution is 0.341. The van der Waals surface area contributed by atoms with E-state index in [0.29, 0.717) is 0 Å². The smallest absolute Gasteiger partial charge is 0.161 e. The van der Waals surface area contributed by atoms with Crippen LogP contribution in [0, 0.1) is 0 Å². The number of methoxy groups -OCH3 is 2. The van der Waals surface area contributed by atoms with Crippen LogP contribution in [0.5, 0.6) is 11.5 Å². The van der Waals surface area contributed by atoms with Crippen LogP contribution in [0.4, 0.5) is 0 Å². The van der Waals surface area contributed by atoms with Gasteiger partial charge >= 0.3 is 0 Å². The minimum Gasteiger partial charge on any atom is -0.493 e. The van der Waals surface area contributed by atoms with E-state index >= 15 is 0 Å². The summed E-state index contributed by atoms with van der Waals surface area (Å²) >= 11 is 0. The number of rotatable bonds is 2. The number of ether oxygens (including phenoxy) is 2. The summed E-state index contributed by atoms with van der Waals surface area (Å²) in [5, 5.41) is 3.51. The largest absolute Gasteiger partial charge is 0.493 e. The van der Waals surface area contributed by atoms with Crippen molar-refractivity contribution in [3.63, 3.8) is 0 Å². The summed E-state index contributed by atoms with van der Waals surface area (Å²) in [4.78, 5) is 0. The molecule has 3 heteroatoms. The van der Waals surface area contributed by atoms with Crippen LogP contribution in [0.25, 0.3) is 0 Å². The van der Waals surface area contributed by atoms with E-state index < -0.39 is 0 Å². The van der Waals surface area contributed by atoms with Gasteiger partial charge in [0.25, 0.3) is 0 Å². The van der Waals surface area contributed by atoms with Crippen LogP contribution in [0.15, 0.2) is 12.1 Å². The van der Waals surface area contributed by atoms with E-state index in [1.165, 1.54) is 11.1 Å². The Hall–Kier alpha value is -1.22. The molecule has 0 bridgehead atoms. The van der Waals surface area contributed by atoms with Gasteiger partial charge in [-0.05, 0) is 43.5 Å². The summed E-state index contributed by atoms with van der Waals surface area (Å²) in [6, 6.07) is 4.16.